The van der Waals surface area contributed by atoms with E-state index in [9.17, 15) is 14.0 Å². The minimum atomic E-state index is -0.497. The summed E-state index contributed by atoms with van der Waals surface area (Å²) in [5.74, 6) is -1.62. The number of amides is 2. The lowest BCUT2D eigenvalue weighted by atomic mass is 10.1. The highest BCUT2D eigenvalue weighted by Crippen LogP contribution is 2.33. The van der Waals surface area contributed by atoms with Crippen LogP contribution in [0, 0.1) is 11.7 Å². The third kappa shape index (κ3) is 1.95. The van der Waals surface area contributed by atoms with Crippen molar-refractivity contribution in [2.24, 2.45) is 11.7 Å². The van der Waals surface area contributed by atoms with Gasteiger partial charge in [-0.15, -0.1) is 0 Å². The topological polar surface area (TPSA) is 76.3 Å². The number of fused-ring (bicyclic) bond motifs is 1. The average molecular weight is 279 g/mol. The molecule has 3 rings (SSSR count). The Hall–Kier alpha value is -2.02. The van der Waals surface area contributed by atoms with Crippen LogP contribution in [0.4, 0.5) is 9.52 Å². The number of anilines is 1. The molecule has 2 N–H and O–H groups in total. The molecule has 0 bridgehead atoms. The second-order valence-electron chi connectivity index (χ2n) is 4.39. The minimum Gasteiger partial charge on any atom is -0.369 e. The molecule has 0 aliphatic carbocycles. The van der Waals surface area contributed by atoms with Gasteiger partial charge in [-0.05, 0) is 12.1 Å². The standard InChI is InChI=1S/C12H10FN3O2S/c13-7-2-1-3-8-10(7)15-12(19-8)16-5-6(11(14)18)4-9(16)17/h1-3,6H,4-5H2,(H2,14,18). The van der Waals surface area contributed by atoms with Gasteiger partial charge in [-0.25, -0.2) is 9.37 Å². The molecule has 0 spiro atoms. The summed E-state index contributed by atoms with van der Waals surface area (Å²) in [5, 5.41) is 0.411. The predicted octanol–water partition coefficient (Wildman–Crippen LogP) is 1.27. The van der Waals surface area contributed by atoms with Gasteiger partial charge in [0.1, 0.15) is 11.3 Å². The normalized spacial score (nSPS) is 19.3. The Kier molecular flexibility index (Phi) is 2.70. The Bertz CT molecular complexity index is 685. The summed E-state index contributed by atoms with van der Waals surface area (Å²) in [5.41, 5.74) is 5.45. The van der Waals surface area contributed by atoms with E-state index in [1.54, 1.807) is 12.1 Å². The number of rotatable bonds is 2. The van der Waals surface area contributed by atoms with Crippen molar-refractivity contribution in [1.82, 2.24) is 4.98 Å². The highest BCUT2D eigenvalue weighted by molar-refractivity contribution is 7.22. The molecule has 5 nitrogen and oxygen atoms in total. The quantitative estimate of drug-likeness (QED) is 0.899. The molecule has 1 aliphatic rings. The van der Waals surface area contributed by atoms with E-state index in [1.165, 1.54) is 22.3 Å². The number of thiazole rings is 1. The predicted molar refractivity (Wildman–Crippen MR) is 69.2 cm³/mol. The Morgan fingerprint density at radius 3 is 2.95 bits per heavy atom. The fourth-order valence-electron chi connectivity index (χ4n) is 2.10. The minimum absolute atomic E-state index is 0.0910. The highest BCUT2D eigenvalue weighted by atomic mass is 32.1. The molecule has 7 heteroatoms. The molecule has 2 amide bonds. The van der Waals surface area contributed by atoms with Gasteiger partial charge in [-0.1, -0.05) is 17.4 Å². The summed E-state index contributed by atoms with van der Waals surface area (Å²) in [6.07, 6.45) is 0.0910. The number of benzene rings is 1. The number of primary amides is 1. The number of halogens is 1. The van der Waals surface area contributed by atoms with Crippen molar-refractivity contribution in [2.45, 2.75) is 6.42 Å². The first-order chi connectivity index (χ1) is 9.06. The Morgan fingerprint density at radius 2 is 2.32 bits per heavy atom. The smallest absolute Gasteiger partial charge is 0.229 e. The lowest BCUT2D eigenvalue weighted by Crippen LogP contribution is -2.28. The molecule has 2 aromatic rings. The molecular formula is C12H10FN3O2S. The Balaban J connectivity index is 1.99. The first-order valence-corrected chi connectivity index (χ1v) is 6.52. The maximum atomic E-state index is 13.6. The molecule has 1 saturated heterocycles. The molecule has 1 aromatic carbocycles. The third-order valence-electron chi connectivity index (χ3n) is 3.12. The zero-order chi connectivity index (χ0) is 13.6. The maximum Gasteiger partial charge on any atom is 0.229 e. The second kappa shape index (κ2) is 4.27. The van der Waals surface area contributed by atoms with Crippen LogP contribution in [0.15, 0.2) is 18.2 Å². The van der Waals surface area contributed by atoms with E-state index in [2.05, 4.69) is 4.98 Å². The van der Waals surface area contributed by atoms with Gasteiger partial charge in [-0.3, -0.25) is 14.5 Å². The molecule has 1 aromatic heterocycles. The van der Waals surface area contributed by atoms with Gasteiger partial charge in [0, 0.05) is 13.0 Å². The summed E-state index contributed by atoms with van der Waals surface area (Å²) < 4.78 is 14.2. The van der Waals surface area contributed by atoms with Gasteiger partial charge in [0.2, 0.25) is 11.8 Å². The summed E-state index contributed by atoms with van der Waals surface area (Å²) in [7, 11) is 0. The van der Waals surface area contributed by atoms with Gasteiger partial charge < -0.3 is 5.73 Å². The summed E-state index contributed by atoms with van der Waals surface area (Å²) in [4.78, 5) is 28.5. The molecule has 0 radical (unpaired) electrons. The van der Waals surface area contributed by atoms with Crippen LogP contribution in [-0.4, -0.2) is 23.3 Å². The van der Waals surface area contributed by atoms with Crippen molar-refractivity contribution in [3.8, 4) is 0 Å². The zero-order valence-corrected chi connectivity index (χ0v) is 10.6. The number of carbonyl (C=O) groups is 2. The molecule has 1 atom stereocenters. The summed E-state index contributed by atoms with van der Waals surface area (Å²) in [6, 6.07) is 4.66. The van der Waals surface area contributed by atoms with Crippen molar-refractivity contribution < 1.29 is 14.0 Å². The fraction of sp³-hybridized carbons (Fsp3) is 0.250. The number of hydrogen-bond donors (Lipinski definition) is 1. The SMILES string of the molecule is NC(=O)C1CC(=O)N(c2nc3c(F)cccc3s2)C1. The van der Waals surface area contributed by atoms with E-state index in [0.717, 1.165) is 0 Å². The molecule has 1 fully saturated rings. The number of para-hydroxylation sites is 1. The van der Waals surface area contributed by atoms with Crippen LogP contribution in [0.2, 0.25) is 0 Å². The first-order valence-electron chi connectivity index (χ1n) is 5.71. The summed E-state index contributed by atoms with van der Waals surface area (Å²) in [6.45, 7) is 0.218. The van der Waals surface area contributed by atoms with E-state index in [1.807, 2.05) is 0 Å². The maximum absolute atomic E-state index is 13.6. The largest absolute Gasteiger partial charge is 0.369 e. The first kappa shape index (κ1) is 12.0. The zero-order valence-electron chi connectivity index (χ0n) is 9.80. The third-order valence-corrected chi connectivity index (χ3v) is 4.16. The number of nitrogens with two attached hydrogens (primary N) is 1. The lowest BCUT2D eigenvalue weighted by molar-refractivity contribution is -0.123. The second-order valence-corrected chi connectivity index (χ2v) is 5.40. The van der Waals surface area contributed by atoms with Crippen LogP contribution in [0.3, 0.4) is 0 Å². The summed E-state index contributed by atoms with van der Waals surface area (Å²) >= 11 is 1.23. The number of hydrogen-bond acceptors (Lipinski definition) is 4. The van der Waals surface area contributed by atoms with Crippen molar-refractivity contribution >= 4 is 38.5 Å². The van der Waals surface area contributed by atoms with Crippen molar-refractivity contribution in [3.63, 3.8) is 0 Å². The fourth-order valence-corrected chi connectivity index (χ4v) is 3.11. The van der Waals surface area contributed by atoms with E-state index < -0.39 is 17.6 Å². The number of nitrogens with zero attached hydrogens (tertiary/aromatic N) is 2. The Morgan fingerprint density at radius 1 is 1.53 bits per heavy atom. The Labute approximate surface area is 111 Å². The lowest BCUT2D eigenvalue weighted by Gasteiger charge is -2.11. The van der Waals surface area contributed by atoms with Gasteiger partial charge >= 0.3 is 0 Å². The van der Waals surface area contributed by atoms with Gasteiger partial charge in [0.15, 0.2) is 5.13 Å². The van der Waals surface area contributed by atoms with Crippen molar-refractivity contribution in [2.75, 3.05) is 11.4 Å². The molecular weight excluding hydrogens is 269 g/mol. The van der Waals surface area contributed by atoms with Crippen molar-refractivity contribution in [3.05, 3.63) is 24.0 Å². The van der Waals surface area contributed by atoms with Crippen LogP contribution < -0.4 is 10.6 Å². The molecule has 19 heavy (non-hydrogen) atoms. The van der Waals surface area contributed by atoms with Crippen LogP contribution in [0.1, 0.15) is 6.42 Å². The van der Waals surface area contributed by atoms with Crippen LogP contribution in [0.25, 0.3) is 10.2 Å². The number of carbonyl (C=O) groups excluding carboxylic acids is 2. The van der Waals surface area contributed by atoms with E-state index in [0.29, 0.717) is 9.83 Å². The van der Waals surface area contributed by atoms with Gasteiger partial charge in [0.05, 0.1) is 10.6 Å². The average Bonchev–Trinajstić information content (AvgIpc) is 2.93. The van der Waals surface area contributed by atoms with Crippen LogP contribution in [-0.2, 0) is 9.59 Å². The van der Waals surface area contributed by atoms with Crippen LogP contribution in [0.5, 0.6) is 0 Å². The number of aromatic nitrogens is 1. The molecule has 1 unspecified atom stereocenters. The molecule has 2 heterocycles. The highest BCUT2D eigenvalue weighted by Gasteiger charge is 2.35. The monoisotopic (exact) mass is 279 g/mol. The molecule has 98 valence electrons. The van der Waals surface area contributed by atoms with Crippen LogP contribution >= 0.6 is 11.3 Å². The molecule has 1 aliphatic heterocycles. The van der Waals surface area contributed by atoms with Gasteiger partial charge in [-0.2, -0.15) is 0 Å². The van der Waals surface area contributed by atoms with Gasteiger partial charge in [0.25, 0.3) is 0 Å². The van der Waals surface area contributed by atoms with Crippen molar-refractivity contribution in [1.29, 1.82) is 0 Å². The van der Waals surface area contributed by atoms with E-state index >= 15 is 0 Å². The molecule has 0 saturated carbocycles. The van der Waals surface area contributed by atoms with E-state index in [4.69, 9.17) is 5.73 Å². The van der Waals surface area contributed by atoms with E-state index in [-0.39, 0.29) is 24.4 Å².